The lowest BCUT2D eigenvalue weighted by Gasteiger charge is -2.23. The molecule has 29 heavy (non-hydrogen) atoms. The highest BCUT2D eigenvalue weighted by Gasteiger charge is 2.23. The number of carbonyl (C=O) groups is 1. The lowest BCUT2D eigenvalue weighted by Crippen LogP contribution is -2.36. The predicted octanol–water partition coefficient (Wildman–Crippen LogP) is 4.66. The minimum atomic E-state index is -0.712. The quantitative estimate of drug-likeness (QED) is 0.608. The molecule has 4 rings (SSSR count). The van der Waals surface area contributed by atoms with Crippen LogP contribution in [0.25, 0.3) is 10.2 Å². The monoisotopic (exact) mass is 415 g/mol. The first-order valence-corrected chi connectivity index (χ1v) is 10.6. The average molecular weight is 416 g/mol. The fourth-order valence-electron chi connectivity index (χ4n) is 3.67. The number of anilines is 1. The summed E-state index contributed by atoms with van der Waals surface area (Å²) in [6.07, 6.45) is 4.36. The summed E-state index contributed by atoms with van der Waals surface area (Å²) in [4.78, 5) is 21.3. The summed E-state index contributed by atoms with van der Waals surface area (Å²) in [5.74, 6) is -1.53. The molecular formula is C22H23F2N3OS. The first-order chi connectivity index (χ1) is 13.9. The first kappa shape index (κ1) is 19.9. The van der Waals surface area contributed by atoms with E-state index in [-0.39, 0.29) is 11.4 Å². The van der Waals surface area contributed by atoms with Crippen molar-refractivity contribution in [3.8, 4) is 0 Å². The molecule has 0 bridgehead atoms. The van der Waals surface area contributed by atoms with E-state index in [1.807, 2.05) is 37.2 Å². The Labute approximate surface area is 172 Å². The topological polar surface area (TPSA) is 36.4 Å². The largest absolute Gasteiger partial charge is 0.308 e. The molecule has 3 aromatic rings. The van der Waals surface area contributed by atoms with Gasteiger partial charge >= 0.3 is 0 Å². The second-order valence-electron chi connectivity index (χ2n) is 7.68. The molecule has 7 heteroatoms. The van der Waals surface area contributed by atoms with Gasteiger partial charge in [-0.15, -0.1) is 0 Å². The lowest BCUT2D eigenvalue weighted by molar-refractivity contribution is 0.0985. The van der Waals surface area contributed by atoms with E-state index in [0.717, 1.165) is 36.7 Å². The van der Waals surface area contributed by atoms with E-state index in [1.54, 1.807) is 4.90 Å². The summed E-state index contributed by atoms with van der Waals surface area (Å²) in [6, 6.07) is 7.96. The number of likely N-dealkylation sites (N-methyl/N-ethyl adjacent to an activating group) is 1. The van der Waals surface area contributed by atoms with Crippen LogP contribution in [0.15, 0.2) is 30.3 Å². The van der Waals surface area contributed by atoms with Gasteiger partial charge in [0.2, 0.25) is 0 Å². The maximum absolute atomic E-state index is 14.1. The van der Waals surface area contributed by atoms with Crippen LogP contribution in [0.2, 0.25) is 0 Å². The molecule has 0 spiro atoms. The van der Waals surface area contributed by atoms with E-state index in [2.05, 4.69) is 4.98 Å². The minimum absolute atomic E-state index is 0.0968. The van der Waals surface area contributed by atoms with Crippen molar-refractivity contribution in [1.82, 2.24) is 9.88 Å². The molecule has 1 aromatic heterocycles. The van der Waals surface area contributed by atoms with Gasteiger partial charge in [0.15, 0.2) is 10.9 Å². The van der Waals surface area contributed by atoms with Crippen molar-refractivity contribution in [1.29, 1.82) is 0 Å². The molecule has 1 heterocycles. The summed E-state index contributed by atoms with van der Waals surface area (Å²) in [5.41, 5.74) is 3.24. The van der Waals surface area contributed by atoms with Gasteiger partial charge in [0.05, 0.1) is 4.70 Å². The van der Waals surface area contributed by atoms with E-state index in [9.17, 15) is 13.6 Å². The SMILES string of the molecule is CN(C)CCN(C(=O)c1ccc2c(c1)CCCC2)c1nc2c(F)cc(F)cc2s1. The highest BCUT2D eigenvalue weighted by molar-refractivity contribution is 7.22. The van der Waals surface area contributed by atoms with Gasteiger partial charge in [0.25, 0.3) is 5.91 Å². The van der Waals surface area contributed by atoms with Gasteiger partial charge in [-0.05, 0) is 69.1 Å². The summed E-state index contributed by atoms with van der Waals surface area (Å²) in [7, 11) is 3.85. The van der Waals surface area contributed by atoms with E-state index >= 15 is 0 Å². The Kier molecular flexibility index (Phi) is 5.61. The van der Waals surface area contributed by atoms with Gasteiger partial charge in [-0.2, -0.15) is 0 Å². The Morgan fingerprint density at radius 2 is 1.83 bits per heavy atom. The molecule has 1 amide bonds. The van der Waals surface area contributed by atoms with Gasteiger partial charge in [-0.25, -0.2) is 13.8 Å². The van der Waals surface area contributed by atoms with Crippen LogP contribution in [0, 0.1) is 11.6 Å². The van der Waals surface area contributed by atoms with Crippen LogP contribution in [0.1, 0.15) is 34.3 Å². The van der Waals surface area contributed by atoms with Gasteiger partial charge in [-0.1, -0.05) is 17.4 Å². The molecule has 2 aromatic carbocycles. The molecule has 4 nitrogen and oxygen atoms in total. The summed E-state index contributed by atoms with van der Waals surface area (Å²) in [6.45, 7) is 1.04. The Morgan fingerprint density at radius 1 is 1.07 bits per heavy atom. The number of benzene rings is 2. The first-order valence-electron chi connectivity index (χ1n) is 9.76. The van der Waals surface area contributed by atoms with Crippen molar-refractivity contribution in [2.75, 3.05) is 32.1 Å². The second-order valence-corrected chi connectivity index (χ2v) is 8.69. The van der Waals surface area contributed by atoms with Crippen LogP contribution < -0.4 is 4.90 Å². The van der Waals surface area contributed by atoms with Crippen molar-refractivity contribution in [3.05, 3.63) is 58.7 Å². The average Bonchev–Trinajstić information content (AvgIpc) is 3.11. The van der Waals surface area contributed by atoms with E-state index in [4.69, 9.17) is 0 Å². The molecule has 152 valence electrons. The van der Waals surface area contributed by atoms with Crippen molar-refractivity contribution in [2.45, 2.75) is 25.7 Å². The van der Waals surface area contributed by atoms with E-state index < -0.39 is 11.6 Å². The molecular weight excluding hydrogens is 392 g/mol. The minimum Gasteiger partial charge on any atom is -0.308 e. The number of rotatable bonds is 5. The van der Waals surface area contributed by atoms with Gasteiger partial charge in [0, 0.05) is 24.7 Å². The van der Waals surface area contributed by atoms with Crippen molar-refractivity contribution < 1.29 is 13.6 Å². The zero-order valence-corrected chi connectivity index (χ0v) is 17.4. The van der Waals surface area contributed by atoms with E-state index in [1.165, 1.54) is 23.6 Å². The predicted molar refractivity (Wildman–Crippen MR) is 113 cm³/mol. The molecule has 1 aliphatic rings. The standard InChI is InChI=1S/C22H23F2N3OS/c1-26(2)9-10-27(22-25-20-18(24)12-17(23)13-19(20)29-22)21(28)16-8-7-14-5-3-4-6-15(14)11-16/h7-8,11-13H,3-6,9-10H2,1-2H3. The number of nitrogens with zero attached hydrogens (tertiary/aromatic N) is 3. The molecule has 1 aliphatic carbocycles. The van der Waals surface area contributed by atoms with Gasteiger partial charge < -0.3 is 4.90 Å². The number of hydrogen-bond acceptors (Lipinski definition) is 4. The third kappa shape index (κ3) is 4.16. The molecule has 0 aliphatic heterocycles. The van der Waals surface area contributed by atoms with Gasteiger partial charge in [0.1, 0.15) is 11.3 Å². The number of halogens is 2. The number of hydrogen-bond donors (Lipinski definition) is 0. The molecule has 0 unspecified atom stereocenters. The highest BCUT2D eigenvalue weighted by Crippen LogP contribution is 2.32. The number of aryl methyl sites for hydroxylation is 2. The zero-order chi connectivity index (χ0) is 20.5. The molecule has 0 N–H and O–H groups in total. The molecule has 0 radical (unpaired) electrons. The Hall–Kier alpha value is -2.38. The number of thiazole rings is 1. The molecule has 0 fully saturated rings. The highest BCUT2D eigenvalue weighted by atomic mass is 32.1. The van der Waals surface area contributed by atoms with Crippen LogP contribution in [0.3, 0.4) is 0 Å². The maximum atomic E-state index is 14.1. The summed E-state index contributed by atoms with van der Waals surface area (Å²) >= 11 is 1.13. The van der Waals surface area contributed by atoms with Crippen molar-refractivity contribution >= 4 is 32.6 Å². The fraction of sp³-hybridized carbons (Fsp3) is 0.364. The summed E-state index contributed by atoms with van der Waals surface area (Å²) in [5, 5.41) is 0.383. The normalized spacial score (nSPS) is 13.7. The molecule has 0 saturated heterocycles. The number of carbonyl (C=O) groups excluding carboxylic acids is 1. The third-order valence-electron chi connectivity index (χ3n) is 5.24. The van der Waals surface area contributed by atoms with Crippen LogP contribution >= 0.6 is 11.3 Å². The molecule has 0 saturated carbocycles. The zero-order valence-electron chi connectivity index (χ0n) is 16.5. The smallest absolute Gasteiger partial charge is 0.260 e. The van der Waals surface area contributed by atoms with Gasteiger partial charge in [-0.3, -0.25) is 9.69 Å². The lowest BCUT2D eigenvalue weighted by atomic mass is 9.90. The molecule has 0 atom stereocenters. The number of amides is 1. The van der Waals surface area contributed by atoms with Crippen LogP contribution in [0.5, 0.6) is 0 Å². The Balaban J connectivity index is 1.72. The third-order valence-corrected chi connectivity index (χ3v) is 6.27. The Morgan fingerprint density at radius 3 is 2.59 bits per heavy atom. The van der Waals surface area contributed by atoms with Crippen LogP contribution in [-0.2, 0) is 12.8 Å². The number of fused-ring (bicyclic) bond motifs is 2. The summed E-state index contributed by atoms with van der Waals surface area (Å²) < 4.78 is 28.1. The van der Waals surface area contributed by atoms with Crippen LogP contribution in [-0.4, -0.2) is 43.0 Å². The second kappa shape index (κ2) is 8.16. The van der Waals surface area contributed by atoms with Crippen LogP contribution in [0.4, 0.5) is 13.9 Å². The Bertz CT molecular complexity index is 1060. The maximum Gasteiger partial charge on any atom is 0.260 e. The van der Waals surface area contributed by atoms with Crippen molar-refractivity contribution in [2.24, 2.45) is 0 Å². The number of aromatic nitrogens is 1. The van der Waals surface area contributed by atoms with E-state index in [0.29, 0.717) is 28.5 Å². The van der Waals surface area contributed by atoms with Crippen molar-refractivity contribution in [3.63, 3.8) is 0 Å². The fourth-order valence-corrected chi connectivity index (χ4v) is 4.70.